The zero-order chi connectivity index (χ0) is 34.5. The molecule has 0 radical (unpaired) electrons. The van der Waals surface area contributed by atoms with Crippen molar-refractivity contribution in [3.63, 3.8) is 0 Å². The fourth-order valence-corrected chi connectivity index (χ4v) is 9.21. The number of carbonyl (C=O) groups is 5. The number of hydrogen-bond acceptors (Lipinski definition) is 9. The van der Waals surface area contributed by atoms with Gasteiger partial charge in [0, 0.05) is 50.4 Å². The van der Waals surface area contributed by atoms with E-state index in [1.807, 2.05) is 37.8 Å². The molecular weight excluding hydrogens is 624 g/mol. The Balaban J connectivity index is 0.899. The number of benzene rings is 1. The molecule has 1 aromatic rings. The molecular formula is C37H52N6O6. The molecule has 1 aromatic carbocycles. The number of amides is 5. The van der Waals surface area contributed by atoms with Gasteiger partial charge in [0.1, 0.15) is 11.6 Å². The van der Waals surface area contributed by atoms with Crippen LogP contribution >= 0.6 is 0 Å². The fourth-order valence-electron chi connectivity index (χ4n) is 9.21. The van der Waals surface area contributed by atoms with Crippen LogP contribution in [0.5, 0.6) is 0 Å². The number of nitrogens with one attached hydrogen (secondary N) is 1. The van der Waals surface area contributed by atoms with Crippen molar-refractivity contribution in [2.45, 2.75) is 109 Å². The Hall–Kier alpha value is -3.51. The zero-order valence-electron chi connectivity index (χ0n) is 29.4. The quantitative estimate of drug-likeness (QED) is 0.477. The first-order chi connectivity index (χ1) is 23.4. The second-order valence-electron chi connectivity index (χ2n) is 16.2. The highest BCUT2D eigenvalue weighted by molar-refractivity contribution is 6.23. The highest BCUT2D eigenvalue weighted by Gasteiger charge is 2.46. The maximum atomic E-state index is 13.4. The third-order valence-corrected chi connectivity index (χ3v) is 12.0. The van der Waals surface area contributed by atoms with Gasteiger partial charge in [0.15, 0.2) is 0 Å². The summed E-state index contributed by atoms with van der Waals surface area (Å²) < 4.78 is 5.58. The van der Waals surface area contributed by atoms with E-state index in [4.69, 9.17) is 4.74 Å². The van der Waals surface area contributed by atoms with Crippen molar-refractivity contribution >= 4 is 35.4 Å². The van der Waals surface area contributed by atoms with Gasteiger partial charge >= 0.3 is 6.09 Å². The van der Waals surface area contributed by atoms with Crippen LogP contribution in [0.3, 0.4) is 0 Å². The second kappa shape index (κ2) is 13.3. The first kappa shape index (κ1) is 34.0. The molecule has 5 saturated heterocycles. The Labute approximate surface area is 289 Å². The number of imide groups is 2. The number of likely N-dealkylation sites (tertiary alicyclic amines) is 3. The first-order valence-corrected chi connectivity index (χ1v) is 18.5. The van der Waals surface area contributed by atoms with Crippen LogP contribution in [-0.2, 0) is 14.3 Å². The summed E-state index contributed by atoms with van der Waals surface area (Å²) in [6, 6.07) is 5.74. The number of nitrogens with zero attached hydrogens (tertiary/aromatic N) is 5. The normalized spacial score (nSPS) is 26.3. The van der Waals surface area contributed by atoms with Crippen LogP contribution in [0.25, 0.3) is 0 Å². The van der Waals surface area contributed by atoms with Crippen molar-refractivity contribution in [1.29, 1.82) is 0 Å². The minimum atomic E-state index is -0.951. The van der Waals surface area contributed by atoms with E-state index >= 15 is 0 Å². The highest BCUT2D eigenvalue weighted by Crippen LogP contribution is 2.43. The summed E-state index contributed by atoms with van der Waals surface area (Å²) in [4.78, 5) is 73.9. The Morgan fingerprint density at radius 3 is 2.08 bits per heavy atom. The maximum absolute atomic E-state index is 13.4. The van der Waals surface area contributed by atoms with Crippen LogP contribution in [-0.4, -0.2) is 125 Å². The van der Waals surface area contributed by atoms with Crippen molar-refractivity contribution in [1.82, 2.24) is 24.9 Å². The number of fused-ring (bicyclic) bond motifs is 1. The topological polar surface area (TPSA) is 123 Å². The lowest BCUT2D eigenvalue weighted by atomic mass is 9.72. The molecule has 12 heteroatoms. The van der Waals surface area contributed by atoms with Gasteiger partial charge in [-0.05, 0) is 128 Å². The summed E-state index contributed by atoms with van der Waals surface area (Å²) in [6.07, 6.45) is 9.14. The van der Waals surface area contributed by atoms with E-state index in [0.29, 0.717) is 23.2 Å². The molecule has 6 aliphatic heterocycles. The first-order valence-electron chi connectivity index (χ1n) is 18.5. The van der Waals surface area contributed by atoms with E-state index in [-0.39, 0.29) is 30.3 Å². The van der Waals surface area contributed by atoms with Gasteiger partial charge in [-0.15, -0.1) is 0 Å². The van der Waals surface area contributed by atoms with Crippen LogP contribution in [0.1, 0.15) is 106 Å². The summed E-state index contributed by atoms with van der Waals surface area (Å²) in [7, 11) is 0. The zero-order valence-corrected chi connectivity index (χ0v) is 29.4. The van der Waals surface area contributed by atoms with Crippen molar-refractivity contribution in [2.24, 2.45) is 5.41 Å². The van der Waals surface area contributed by atoms with Crippen LogP contribution in [0.2, 0.25) is 0 Å². The highest BCUT2D eigenvalue weighted by atomic mass is 16.6. The van der Waals surface area contributed by atoms with Gasteiger partial charge in [0.05, 0.1) is 11.1 Å². The molecule has 49 heavy (non-hydrogen) atoms. The standard InChI is InChI=1S/C37H52N6O6/c1-36(2,3)49-35(48)41-19-11-25(12-20-41)39-17-9-26(10-18-39)40-21-14-37(15-22-40)13-4-16-42(24-37)27-5-6-28-29(23-27)34(47)43(33(28)46)30-7-8-31(44)38-32(30)45/h5-6,23,25-26,30H,4,7-22,24H2,1-3H3,(H,38,44,45). The van der Waals surface area contributed by atoms with E-state index in [1.165, 1.54) is 32.1 Å². The lowest BCUT2D eigenvalue weighted by Crippen LogP contribution is -2.55. The fraction of sp³-hybridized carbons (Fsp3) is 0.703. The summed E-state index contributed by atoms with van der Waals surface area (Å²) >= 11 is 0. The predicted octanol–water partition coefficient (Wildman–Crippen LogP) is 3.63. The van der Waals surface area contributed by atoms with Gasteiger partial charge in [0.25, 0.3) is 11.8 Å². The number of ether oxygens (including phenoxy) is 1. The minimum absolute atomic E-state index is 0.111. The predicted molar refractivity (Wildman–Crippen MR) is 183 cm³/mol. The SMILES string of the molecule is CC(C)(C)OC(=O)N1CCC(N2CCC(N3CCC4(CCCN(c5ccc6c(c5)C(=O)N(C5CCC(=O)NC5=O)C6=O)C4)CC3)CC2)CC1. The van der Waals surface area contributed by atoms with Crippen LogP contribution in [0, 0.1) is 5.41 Å². The molecule has 1 atom stereocenters. The molecule has 6 heterocycles. The summed E-state index contributed by atoms with van der Waals surface area (Å²) in [6.45, 7) is 13.6. The van der Waals surface area contributed by atoms with Gasteiger partial charge in [-0.3, -0.25) is 29.4 Å². The summed E-state index contributed by atoms with van der Waals surface area (Å²) in [5.74, 6) is -1.87. The molecule has 1 unspecified atom stereocenters. The number of hydrogen-bond donors (Lipinski definition) is 1. The van der Waals surface area contributed by atoms with E-state index in [9.17, 15) is 24.0 Å². The van der Waals surface area contributed by atoms with Gasteiger partial charge in [-0.25, -0.2) is 4.79 Å². The van der Waals surface area contributed by atoms with Crippen LogP contribution in [0.15, 0.2) is 18.2 Å². The minimum Gasteiger partial charge on any atom is -0.444 e. The van der Waals surface area contributed by atoms with Gasteiger partial charge in [0.2, 0.25) is 11.8 Å². The van der Waals surface area contributed by atoms with Crippen LogP contribution < -0.4 is 10.2 Å². The van der Waals surface area contributed by atoms with Gasteiger partial charge < -0.3 is 24.3 Å². The number of rotatable bonds is 4. The molecule has 7 rings (SSSR count). The molecule has 0 saturated carbocycles. The Bertz CT molecular complexity index is 1480. The van der Waals surface area contributed by atoms with E-state index in [0.717, 1.165) is 82.2 Å². The van der Waals surface area contributed by atoms with E-state index in [1.54, 1.807) is 6.07 Å². The average Bonchev–Trinajstić information content (AvgIpc) is 3.33. The summed E-state index contributed by atoms with van der Waals surface area (Å²) in [5.41, 5.74) is 1.42. The molecule has 1 spiro atoms. The monoisotopic (exact) mass is 676 g/mol. The largest absolute Gasteiger partial charge is 0.444 e. The Kier molecular flexibility index (Phi) is 9.23. The van der Waals surface area contributed by atoms with Gasteiger partial charge in [-0.1, -0.05) is 0 Å². The molecule has 0 aliphatic carbocycles. The third-order valence-electron chi connectivity index (χ3n) is 12.0. The molecule has 0 bridgehead atoms. The Morgan fingerprint density at radius 1 is 0.796 bits per heavy atom. The lowest BCUT2D eigenvalue weighted by Gasteiger charge is -2.51. The maximum Gasteiger partial charge on any atom is 0.410 e. The smallest absolute Gasteiger partial charge is 0.410 e. The van der Waals surface area contributed by atoms with Gasteiger partial charge in [-0.2, -0.15) is 0 Å². The molecule has 5 amide bonds. The molecule has 266 valence electrons. The van der Waals surface area contributed by atoms with E-state index in [2.05, 4.69) is 20.0 Å². The Morgan fingerprint density at radius 2 is 1.43 bits per heavy atom. The third kappa shape index (κ3) is 6.95. The van der Waals surface area contributed by atoms with E-state index < -0.39 is 29.4 Å². The van der Waals surface area contributed by atoms with Crippen molar-refractivity contribution in [3.05, 3.63) is 29.3 Å². The second-order valence-corrected chi connectivity index (χ2v) is 16.2. The molecule has 6 aliphatic rings. The van der Waals surface area contributed by atoms with Crippen LogP contribution in [0.4, 0.5) is 10.5 Å². The number of piperidine rings is 5. The molecule has 5 fully saturated rings. The lowest BCUT2D eigenvalue weighted by molar-refractivity contribution is -0.136. The number of carbonyl (C=O) groups excluding carboxylic acids is 5. The average molecular weight is 677 g/mol. The molecule has 12 nitrogen and oxygen atoms in total. The number of anilines is 1. The molecule has 1 N–H and O–H groups in total. The summed E-state index contributed by atoms with van der Waals surface area (Å²) in [5, 5.41) is 2.27. The van der Waals surface area contributed by atoms with Crippen molar-refractivity contribution < 1.29 is 28.7 Å². The van der Waals surface area contributed by atoms with Crippen molar-refractivity contribution in [2.75, 3.05) is 57.3 Å². The van der Waals surface area contributed by atoms with Crippen molar-refractivity contribution in [3.8, 4) is 0 Å². The molecule has 0 aromatic heterocycles.